The Morgan fingerprint density at radius 1 is 0.780 bits per heavy atom. The number of hydrogen-bond acceptors (Lipinski definition) is 6. The molecule has 1 saturated carbocycles. The number of carbonyl (C=O) groups is 4. The van der Waals surface area contributed by atoms with E-state index < -0.39 is 46.8 Å². The summed E-state index contributed by atoms with van der Waals surface area (Å²) < 4.78 is 5.82. The molecule has 3 fully saturated rings. The van der Waals surface area contributed by atoms with Crippen LogP contribution in [0.3, 0.4) is 0 Å². The molecule has 4 amide bonds. The van der Waals surface area contributed by atoms with Gasteiger partial charge in [0.05, 0.1) is 41.2 Å². The minimum atomic E-state index is -1.51. The zero-order valence-electron chi connectivity index (χ0n) is 27.0. The third kappa shape index (κ3) is 4.58. The smallest absolute Gasteiger partial charge is 0.246 e. The third-order valence-electron chi connectivity index (χ3n) is 10.9. The molecule has 4 aromatic carbocycles. The van der Waals surface area contributed by atoms with Crippen LogP contribution in [0.5, 0.6) is 11.5 Å². The molecule has 8 nitrogen and oxygen atoms in total. The lowest BCUT2D eigenvalue weighted by Crippen LogP contribution is -2.53. The number of aromatic hydroxyl groups is 1. The zero-order chi connectivity index (χ0) is 34.9. The summed E-state index contributed by atoms with van der Waals surface area (Å²) in [5, 5.41) is 12.7. The van der Waals surface area contributed by atoms with Gasteiger partial charge in [-0.3, -0.25) is 24.1 Å². The molecule has 50 heavy (non-hydrogen) atoms. The molecule has 252 valence electrons. The average molecular weight is 708 g/mol. The van der Waals surface area contributed by atoms with Crippen molar-refractivity contribution in [2.45, 2.75) is 31.1 Å². The number of hydrogen-bond donors (Lipinski definition) is 1. The predicted octanol–water partition coefficient (Wildman–Crippen LogP) is 7.46. The molecule has 6 atom stereocenters. The third-order valence-corrected chi connectivity index (χ3v) is 11.4. The van der Waals surface area contributed by atoms with Gasteiger partial charge >= 0.3 is 0 Å². The van der Waals surface area contributed by atoms with Crippen LogP contribution in [-0.2, 0) is 24.6 Å². The molecular weight excluding hydrogens is 675 g/mol. The van der Waals surface area contributed by atoms with Gasteiger partial charge in [0.25, 0.3) is 0 Å². The van der Waals surface area contributed by atoms with Crippen molar-refractivity contribution in [3.8, 4) is 11.5 Å². The molecule has 2 saturated heterocycles. The van der Waals surface area contributed by atoms with Crippen LogP contribution in [0.1, 0.15) is 36.8 Å². The molecule has 1 N–H and O–H groups in total. The van der Waals surface area contributed by atoms with Crippen molar-refractivity contribution in [3.05, 3.63) is 130 Å². The van der Waals surface area contributed by atoms with Crippen molar-refractivity contribution >= 4 is 58.2 Å². The molecule has 2 heterocycles. The number of phenols is 1. The molecule has 4 aromatic rings. The molecule has 0 spiro atoms. The molecular formula is C40H32Cl2N2O6. The van der Waals surface area contributed by atoms with Gasteiger partial charge in [-0.15, -0.1) is 0 Å². The van der Waals surface area contributed by atoms with E-state index in [0.717, 1.165) is 5.57 Å². The topological polar surface area (TPSA) is 104 Å². The fourth-order valence-corrected chi connectivity index (χ4v) is 9.29. The molecule has 4 aliphatic rings. The Labute approximate surface area is 298 Å². The number of amides is 4. The van der Waals surface area contributed by atoms with Crippen molar-refractivity contribution in [1.29, 1.82) is 0 Å². The van der Waals surface area contributed by atoms with Gasteiger partial charge in [-0.1, -0.05) is 83.4 Å². The van der Waals surface area contributed by atoms with E-state index in [-0.39, 0.29) is 36.2 Å². The standard InChI is InChI=1S/C40H32Cl2N2O6/c1-2-50-32-13-7-12-29(35(32)45)34-27-18-19-28-33(38(48)43(36(28)46)25-16-14-23(41)15-17-25)30(27)21-31-37(47)44(26-11-6-10-24(42)20-26)39(49)40(31,34)22-8-4-3-5-9-22/h3-18,20,28,30-31,33-34,45H,2,19,21H2,1H3. The number of nitrogens with zero attached hydrogens (tertiary/aromatic N) is 2. The summed E-state index contributed by atoms with van der Waals surface area (Å²) in [7, 11) is 0. The van der Waals surface area contributed by atoms with Crippen molar-refractivity contribution in [1.82, 2.24) is 0 Å². The molecule has 2 aliphatic heterocycles. The van der Waals surface area contributed by atoms with Crippen LogP contribution < -0.4 is 14.5 Å². The van der Waals surface area contributed by atoms with Gasteiger partial charge in [0.1, 0.15) is 0 Å². The quantitative estimate of drug-likeness (QED) is 0.165. The number of benzene rings is 4. The average Bonchev–Trinajstić information content (AvgIpc) is 3.51. The number of allylic oxidation sites excluding steroid dienone is 2. The Morgan fingerprint density at radius 2 is 1.52 bits per heavy atom. The van der Waals surface area contributed by atoms with E-state index in [0.29, 0.717) is 39.2 Å². The summed E-state index contributed by atoms with van der Waals surface area (Å²) in [4.78, 5) is 61.1. The van der Waals surface area contributed by atoms with E-state index in [9.17, 15) is 19.5 Å². The van der Waals surface area contributed by atoms with Crippen LogP contribution in [0.2, 0.25) is 10.0 Å². The molecule has 0 radical (unpaired) electrons. The number of fused-ring (bicyclic) bond motifs is 4. The summed E-state index contributed by atoms with van der Waals surface area (Å²) in [5.74, 6) is -5.32. The van der Waals surface area contributed by atoms with E-state index >= 15 is 4.79 Å². The van der Waals surface area contributed by atoms with Gasteiger partial charge in [0, 0.05) is 21.5 Å². The van der Waals surface area contributed by atoms with Crippen molar-refractivity contribution in [3.63, 3.8) is 0 Å². The normalized spacial score (nSPS) is 27.2. The predicted molar refractivity (Wildman–Crippen MR) is 189 cm³/mol. The van der Waals surface area contributed by atoms with E-state index in [4.69, 9.17) is 27.9 Å². The Hall–Kier alpha value is -4.92. The highest BCUT2D eigenvalue weighted by atomic mass is 35.5. The Morgan fingerprint density at radius 3 is 2.24 bits per heavy atom. The van der Waals surface area contributed by atoms with Gasteiger partial charge in [-0.25, -0.2) is 4.90 Å². The van der Waals surface area contributed by atoms with E-state index in [1.807, 2.05) is 43.3 Å². The lowest BCUT2D eigenvalue weighted by Gasteiger charge is -2.50. The number of halogens is 2. The van der Waals surface area contributed by atoms with Gasteiger partial charge in [0.15, 0.2) is 11.5 Å². The van der Waals surface area contributed by atoms with Crippen LogP contribution in [0, 0.1) is 23.7 Å². The van der Waals surface area contributed by atoms with Crippen LogP contribution >= 0.6 is 23.2 Å². The van der Waals surface area contributed by atoms with Crippen LogP contribution in [0.25, 0.3) is 0 Å². The zero-order valence-corrected chi connectivity index (χ0v) is 28.5. The van der Waals surface area contributed by atoms with E-state index in [2.05, 4.69) is 0 Å². The first-order valence-corrected chi connectivity index (χ1v) is 17.4. The first kappa shape index (κ1) is 32.3. The Balaban J connectivity index is 1.37. The highest BCUT2D eigenvalue weighted by Crippen LogP contribution is 2.65. The molecule has 8 rings (SSSR count). The maximum Gasteiger partial charge on any atom is 0.246 e. The largest absolute Gasteiger partial charge is 0.504 e. The highest BCUT2D eigenvalue weighted by molar-refractivity contribution is 6.32. The van der Waals surface area contributed by atoms with Crippen molar-refractivity contribution < 1.29 is 29.0 Å². The van der Waals surface area contributed by atoms with Crippen molar-refractivity contribution in [2.75, 3.05) is 16.4 Å². The first-order valence-electron chi connectivity index (χ1n) is 16.7. The number of para-hydroxylation sites is 1. The van der Waals surface area contributed by atoms with Gasteiger partial charge in [-0.05, 0) is 79.8 Å². The van der Waals surface area contributed by atoms with Crippen LogP contribution in [-0.4, -0.2) is 35.3 Å². The van der Waals surface area contributed by atoms with Crippen molar-refractivity contribution in [2.24, 2.45) is 23.7 Å². The molecule has 0 bridgehead atoms. The maximum atomic E-state index is 15.4. The second-order valence-electron chi connectivity index (χ2n) is 13.2. The lowest BCUT2D eigenvalue weighted by molar-refractivity contribution is -0.127. The molecule has 10 heteroatoms. The lowest BCUT2D eigenvalue weighted by atomic mass is 9.49. The summed E-state index contributed by atoms with van der Waals surface area (Å²) in [6.45, 7) is 2.10. The second kappa shape index (κ2) is 12.1. The molecule has 6 unspecified atom stereocenters. The first-order chi connectivity index (χ1) is 24.2. The Kier molecular flexibility index (Phi) is 7.84. The van der Waals surface area contributed by atoms with E-state index in [1.165, 1.54) is 9.80 Å². The van der Waals surface area contributed by atoms with Crippen LogP contribution in [0.15, 0.2) is 109 Å². The van der Waals surface area contributed by atoms with E-state index in [1.54, 1.807) is 66.7 Å². The van der Waals surface area contributed by atoms with Gasteiger partial charge < -0.3 is 9.84 Å². The molecule has 0 aromatic heterocycles. The summed E-state index contributed by atoms with van der Waals surface area (Å²) in [5.41, 5.74) is 0.992. The number of imide groups is 2. The number of phenolic OH excluding ortho intramolecular Hbond substituents is 1. The fourth-order valence-electron chi connectivity index (χ4n) is 8.98. The fraction of sp³-hybridized carbons (Fsp3) is 0.250. The SMILES string of the molecule is CCOc1cccc(C2C3=CCC4C(=O)N(c5ccc(Cl)cc5)C(=O)C4C3CC3C(=O)N(c4cccc(Cl)c4)C(=O)C32c2ccccc2)c1O. The minimum Gasteiger partial charge on any atom is -0.504 e. The van der Waals surface area contributed by atoms with Gasteiger partial charge in [0.2, 0.25) is 23.6 Å². The van der Waals surface area contributed by atoms with Gasteiger partial charge in [-0.2, -0.15) is 0 Å². The maximum absolute atomic E-state index is 15.4. The number of anilines is 2. The number of ether oxygens (including phenoxy) is 1. The monoisotopic (exact) mass is 706 g/mol. The number of rotatable bonds is 6. The second-order valence-corrected chi connectivity index (χ2v) is 14.1. The Bertz CT molecular complexity index is 2100. The van der Waals surface area contributed by atoms with Crippen LogP contribution in [0.4, 0.5) is 11.4 Å². The summed E-state index contributed by atoms with van der Waals surface area (Å²) in [6, 6.07) is 27.5. The number of carbonyl (C=O) groups excluding carboxylic acids is 4. The highest BCUT2D eigenvalue weighted by Gasteiger charge is 2.70. The molecule has 2 aliphatic carbocycles. The summed E-state index contributed by atoms with van der Waals surface area (Å²) in [6.07, 6.45) is 2.35. The summed E-state index contributed by atoms with van der Waals surface area (Å²) >= 11 is 12.5. The minimum absolute atomic E-state index is 0.138.